The number of imide groups is 1. The fourth-order valence-corrected chi connectivity index (χ4v) is 1.68. The van der Waals surface area contributed by atoms with Gasteiger partial charge in [-0.3, -0.25) is 10.1 Å². The molecule has 0 unspecified atom stereocenters. The van der Waals surface area contributed by atoms with Gasteiger partial charge in [-0.2, -0.15) is 0 Å². The molecule has 0 bridgehead atoms. The first-order valence-electron chi connectivity index (χ1n) is 6.79. The van der Waals surface area contributed by atoms with E-state index in [1.807, 2.05) is 5.32 Å². The van der Waals surface area contributed by atoms with Crippen molar-refractivity contribution in [3.05, 3.63) is 29.8 Å². The van der Waals surface area contributed by atoms with E-state index in [1.54, 1.807) is 25.1 Å². The van der Waals surface area contributed by atoms with Crippen LogP contribution in [0.3, 0.4) is 0 Å². The van der Waals surface area contributed by atoms with E-state index in [-0.39, 0.29) is 13.4 Å². The summed E-state index contributed by atoms with van der Waals surface area (Å²) in [6, 6.07) is 5.17. The summed E-state index contributed by atoms with van der Waals surface area (Å²) in [4.78, 5) is 33.8. The van der Waals surface area contributed by atoms with Gasteiger partial charge in [0.15, 0.2) is 18.1 Å². The van der Waals surface area contributed by atoms with E-state index >= 15 is 0 Å². The zero-order chi connectivity index (χ0) is 16.7. The van der Waals surface area contributed by atoms with Crippen LogP contribution in [-0.2, 0) is 19.1 Å². The molecule has 0 saturated heterocycles. The second kappa shape index (κ2) is 7.83. The number of carbonyl (C=O) groups is 3. The van der Waals surface area contributed by atoms with Gasteiger partial charge in [0.05, 0.1) is 6.61 Å². The molecule has 0 saturated carbocycles. The molecule has 1 aromatic carbocycles. The molecule has 0 spiro atoms. The molecule has 1 aliphatic rings. The molecule has 1 N–H and O–H groups in total. The van der Waals surface area contributed by atoms with Crippen molar-refractivity contribution < 1.29 is 33.3 Å². The van der Waals surface area contributed by atoms with Gasteiger partial charge in [0.25, 0.3) is 5.91 Å². The van der Waals surface area contributed by atoms with Crippen LogP contribution in [0.5, 0.6) is 11.5 Å². The highest BCUT2D eigenvalue weighted by Gasteiger charge is 2.13. The van der Waals surface area contributed by atoms with Crippen molar-refractivity contribution in [3.8, 4) is 11.5 Å². The molecule has 0 radical (unpaired) electrons. The normalized spacial score (nSPS) is 12.0. The molecule has 23 heavy (non-hydrogen) atoms. The van der Waals surface area contributed by atoms with Crippen LogP contribution in [0, 0.1) is 0 Å². The summed E-state index contributed by atoms with van der Waals surface area (Å²) in [5.74, 6) is -0.260. The van der Waals surface area contributed by atoms with Crippen LogP contribution in [0.15, 0.2) is 24.3 Å². The second-order valence-electron chi connectivity index (χ2n) is 4.32. The summed E-state index contributed by atoms with van der Waals surface area (Å²) in [6.45, 7) is 1.32. The molecule has 2 rings (SSSR count). The van der Waals surface area contributed by atoms with E-state index in [9.17, 15) is 14.4 Å². The summed E-state index contributed by atoms with van der Waals surface area (Å²) >= 11 is 0. The van der Waals surface area contributed by atoms with Crippen LogP contribution in [0.1, 0.15) is 12.5 Å². The van der Waals surface area contributed by atoms with Crippen molar-refractivity contribution in [2.75, 3.05) is 20.0 Å². The highest BCUT2D eigenvalue weighted by atomic mass is 16.7. The van der Waals surface area contributed by atoms with Crippen LogP contribution in [-0.4, -0.2) is 38.0 Å². The molecule has 1 aromatic rings. The van der Waals surface area contributed by atoms with Crippen LogP contribution >= 0.6 is 0 Å². The quantitative estimate of drug-likeness (QED) is 0.643. The van der Waals surface area contributed by atoms with Crippen molar-refractivity contribution >= 4 is 24.0 Å². The zero-order valence-corrected chi connectivity index (χ0v) is 12.4. The molecule has 122 valence electrons. The number of rotatable bonds is 5. The minimum atomic E-state index is -0.885. The molecule has 1 aliphatic heterocycles. The zero-order valence-electron chi connectivity index (χ0n) is 12.4. The third-order valence-corrected chi connectivity index (χ3v) is 2.67. The monoisotopic (exact) mass is 321 g/mol. The lowest BCUT2D eigenvalue weighted by molar-refractivity contribution is -0.143. The fourth-order valence-electron chi connectivity index (χ4n) is 1.68. The summed E-state index contributed by atoms with van der Waals surface area (Å²) in [7, 11) is 0. The number of nitrogens with one attached hydrogen (secondary N) is 1. The molecular formula is C15H15NO7. The van der Waals surface area contributed by atoms with Crippen LogP contribution in [0.2, 0.25) is 0 Å². The summed E-state index contributed by atoms with van der Waals surface area (Å²) in [5, 5.41) is 1.91. The van der Waals surface area contributed by atoms with Gasteiger partial charge < -0.3 is 18.9 Å². The topological polar surface area (TPSA) is 100 Å². The SMILES string of the molecule is CCOC(=O)NC(=O)COC(=O)/C=C/c1ccc2c(c1)OCO2. The van der Waals surface area contributed by atoms with Gasteiger partial charge in [-0.15, -0.1) is 0 Å². The molecule has 1 heterocycles. The van der Waals surface area contributed by atoms with E-state index in [0.29, 0.717) is 17.1 Å². The van der Waals surface area contributed by atoms with Crippen LogP contribution < -0.4 is 14.8 Å². The number of fused-ring (bicyclic) bond motifs is 1. The number of amides is 2. The first-order valence-corrected chi connectivity index (χ1v) is 6.79. The van der Waals surface area contributed by atoms with E-state index in [1.165, 1.54) is 6.08 Å². The Balaban J connectivity index is 1.78. The van der Waals surface area contributed by atoms with Crippen molar-refractivity contribution in [2.24, 2.45) is 0 Å². The van der Waals surface area contributed by atoms with Crippen molar-refractivity contribution in [3.63, 3.8) is 0 Å². The Hall–Kier alpha value is -3.03. The summed E-state index contributed by atoms with van der Waals surface area (Å²) < 4.78 is 19.6. The van der Waals surface area contributed by atoms with Crippen LogP contribution in [0.4, 0.5) is 4.79 Å². The van der Waals surface area contributed by atoms with Crippen molar-refractivity contribution in [1.29, 1.82) is 0 Å². The average Bonchev–Trinajstić information content (AvgIpc) is 2.98. The van der Waals surface area contributed by atoms with Gasteiger partial charge in [-0.1, -0.05) is 6.07 Å². The maximum atomic E-state index is 11.5. The number of benzene rings is 1. The lowest BCUT2D eigenvalue weighted by atomic mass is 10.2. The number of carbonyl (C=O) groups excluding carboxylic acids is 3. The Morgan fingerprint density at radius 1 is 1.22 bits per heavy atom. The summed E-state index contributed by atoms with van der Waals surface area (Å²) in [6.07, 6.45) is 1.78. The number of alkyl carbamates (subject to hydrolysis) is 1. The first kappa shape index (κ1) is 16.3. The van der Waals surface area contributed by atoms with E-state index in [0.717, 1.165) is 6.08 Å². The maximum Gasteiger partial charge on any atom is 0.413 e. The number of hydrogen-bond donors (Lipinski definition) is 1. The number of esters is 1. The van der Waals surface area contributed by atoms with Gasteiger partial charge in [0.1, 0.15) is 0 Å². The Morgan fingerprint density at radius 3 is 2.78 bits per heavy atom. The number of ether oxygens (including phenoxy) is 4. The molecule has 0 fully saturated rings. The fraction of sp³-hybridized carbons (Fsp3) is 0.267. The number of hydrogen-bond acceptors (Lipinski definition) is 7. The van der Waals surface area contributed by atoms with Crippen molar-refractivity contribution in [2.45, 2.75) is 6.92 Å². The lowest BCUT2D eigenvalue weighted by Gasteiger charge is -2.04. The second-order valence-corrected chi connectivity index (χ2v) is 4.32. The Morgan fingerprint density at radius 2 is 2.00 bits per heavy atom. The van der Waals surface area contributed by atoms with Gasteiger partial charge in [-0.05, 0) is 30.7 Å². The Kier molecular flexibility index (Phi) is 5.56. The van der Waals surface area contributed by atoms with Gasteiger partial charge >= 0.3 is 12.1 Å². The predicted octanol–water partition coefficient (Wildman–Crippen LogP) is 1.24. The Bertz CT molecular complexity index is 639. The predicted molar refractivity (Wildman–Crippen MR) is 77.7 cm³/mol. The van der Waals surface area contributed by atoms with Gasteiger partial charge in [0, 0.05) is 6.08 Å². The van der Waals surface area contributed by atoms with Crippen LogP contribution in [0.25, 0.3) is 6.08 Å². The lowest BCUT2D eigenvalue weighted by Crippen LogP contribution is -2.34. The van der Waals surface area contributed by atoms with Crippen molar-refractivity contribution in [1.82, 2.24) is 5.32 Å². The molecule has 8 heteroatoms. The highest BCUT2D eigenvalue weighted by molar-refractivity contribution is 5.94. The van der Waals surface area contributed by atoms with E-state index in [2.05, 4.69) is 4.74 Å². The molecule has 0 aromatic heterocycles. The van der Waals surface area contributed by atoms with Gasteiger partial charge in [-0.25, -0.2) is 9.59 Å². The molecule has 0 aliphatic carbocycles. The summed E-state index contributed by atoms with van der Waals surface area (Å²) in [5.41, 5.74) is 0.710. The molecule has 8 nitrogen and oxygen atoms in total. The third kappa shape index (κ3) is 5.03. The minimum absolute atomic E-state index is 0.136. The molecular weight excluding hydrogens is 306 g/mol. The highest BCUT2D eigenvalue weighted by Crippen LogP contribution is 2.32. The average molecular weight is 321 g/mol. The van der Waals surface area contributed by atoms with Gasteiger partial charge in [0.2, 0.25) is 6.79 Å². The minimum Gasteiger partial charge on any atom is -0.454 e. The third-order valence-electron chi connectivity index (χ3n) is 2.67. The standard InChI is InChI=1S/C15H15NO7/c1-2-20-15(19)16-13(17)8-21-14(18)6-4-10-3-5-11-12(7-10)23-9-22-11/h3-7H,2,8-9H2,1H3,(H,16,17,19)/b6-4+. The molecule has 2 amide bonds. The maximum absolute atomic E-state index is 11.5. The largest absolute Gasteiger partial charge is 0.454 e. The van der Waals surface area contributed by atoms with E-state index in [4.69, 9.17) is 14.2 Å². The smallest absolute Gasteiger partial charge is 0.413 e. The molecule has 0 atom stereocenters. The Labute approximate surface area is 132 Å². The van der Waals surface area contributed by atoms with E-state index < -0.39 is 24.6 Å². The first-order chi connectivity index (χ1) is 11.1.